The number of carbonyl (C=O) groups is 1. The van der Waals surface area contributed by atoms with E-state index in [0.29, 0.717) is 12.2 Å². The number of nitrogens with two attached hydrogens (primary N) is 2. The SMILES string of the molecule is CC(C)(N)CC(N)C(C)(C)C(=O)OCC(C)(COc1ccc2cc(-c3cccnc3)sc2c1)C(F)(F)F. The molecule has 2 unspecified atom stereocenters. The summed E-state index contributed by atoms with van der Waals surface area (Å²) in [6, 6.07) is 10.2. The highest BCUT2D eigenvalue weighted by atomic mass is 32.1. The number of ether oxygens (including phenoxy) is 2. The summed E-state index contributed by atoms with van der Waals surface area (Å²) in [7, 11) is 0. The number of carbonyl (C=O) groups excluding carboxylic acids is 1. The molecule has 0 radical (unpaired) electrons. The monoisotopic (exact) mass is 537 g/mol. The van der Waals surface area contributed by atoms with E-state index in [1.165, 1.54) is 11.3 Å². The number of aromatic nitrogens is 1. The second-order valence-corrected chi connectivity index (χ2v) is 12.1. The molecular formula is C27H34F3N3O3S. The van der Waals surface area contributed by atoms with Crippen molar-refractivity contribution in [2.75, 3.05) is 13.2 Å². The van der Waals surface area contributed by atoms with Gasteiger partial charge in [0.15, 0.2) is 0 Å². The number of esters is 1. The van der Waals surface area contributed by atoms with Gasteiger partial charge in [0.2, 0.25) is 0 Å². The summed E-state index contributed by atoms with van der Waals surface area (Å²) in [5.74, 6) is -0.524. The van der Waals surface area contributed by atoms with Crippen LogP contribution in [0.15, 0.2) is 48.8 Å². The van der Waals surface area contributed by atoms with Gasteiger partial charge in [-0.25, -0.2) is 0 Å². The fourth-order valence-corrected chi connectivity index (χ4v) is 4.67. The topological polar surface area (TPSA) is 100 Å². The molecule has 4 N–H and O–H groups in total. The number of benzene rings is 1. The maximum atomic E-state index is 14.1. The van der Waals surface area contributed by atoms with E-state index < -0.39 is 47.8 Å². The number of hydrogen-bond acceptors (Lipinski definition) is 7. The van der Waals surface area contributed by atoms with Crippen LogP contribution in [-0.4, -0.2) is 41.9 Å². The molecule has 3 aromatic rings. The molecule has 0 aliphatic rings. The summed E-state index contributed by atoms with van der Waals surface area (Å²) >= 11 is 1.49. The Morgan fingerprint density at radius 3 is 2.38 bits per heavy atom. The summed E-state index contributed by atoms with van der Waals surface area (Å²) in [6.07, 6.45) is -0.946. The first-order chi connectivity index (χ1) is 17.0. The quantitative estimate of drug-likeness (QED) is 0.311. The average Bonchev–Trinajstić information content (AvgIpc) is 3.23. The lowest BCUT2D eigenvalue weighted by Crippen LogP contribution is -2.51. The molecule has 2 aromatic heterocycles. The summed E-state index contributed by atoms with van der Waals surface area (Å²) in [5, 5.41) is 0.947. The molecule has 0 aliphatic carbocycles. The molecule has 1 aromatic carbocycles. The molecule has 202 valence electrons. The molecule has 10 heteroatoms. The van der Waals surface area contributed by atoms with Crippen molar-refractivity contribution < 1.29 is 27.4 Å². The van der Waals surface area contributed by atoms with E-state index in [2.05, 4.69) is 4.98 Å². The summed E-state index contributed by atoms with van der Waals surface area (Å²) in [4.78, 5) is 17.9. The van der Waals surface area contributed by atoms with Crippen LogP contribution in [0.1, 0.15) is 41.0 Å². The van der Waals surface area contributed by atoms with Crippen LogP contribution < -0.4 is 16.2 Å². The van der Waals surface area contributed by atoms with Crippen LogP contribution in [0.4, 0.5) is 13.2 Å². The van der Waals surface area contributed by atoms with E-state index in [1.54, 1.807) is 58.3 Å². The van der Waals surface area contributed by atoms with Gasteiger partial charge in [0, 0.05) is 39.1 Å². The van der Waals surface area contributed by atoms with Crippen molar-refractivity contribution in [3.63, 3.8) is 0 Å². The Kier molecular flexibility index (Phi) is 8.26. The van der Waals surface area contributed by atoms with Gasteiger partial charge in [0.25, 0.3) is 0 Å². The minimum absolute atomic E-state index is 0.293. The van der Waals surface area contributed by atoms with Crippen molar-refractivity contribution >= 4 is 27.4 Å². The third kappa shape index (κ3) is 7.00. The van der Waals surface area contributed by atoms with Crippen molar-refractivity contribution in [1.29, 1.82) is 0 Å². The molecule has 2 heterocycles. The smallest absolute Gasteiger partial charge is 0.400 e. The third-order valence-corrected chi connectivity index (χ3v) is 7.55. The van der Waals surface area contributed by atoms with E-state index in [9.17, 15) is 18.0 Å². The minimum atomic E-state index is -4.68. The number of nitrogens with zero attached hydrogens (tertiary/aromatic N) is 1. The Hall–Kier alpha value is -2.69. The second-order valence-electron chi connectivity index (χ2n) is 11.0. The van der Waals surface area contributed by atoms with Crippen molar-refractivity contribution in [2.45, 2.75) is 58.8 Å². The lowest BCUT2D eigenvalue weighted by atomic mass is 9.79. The minimum Gasteiger partial charge on any atom is -0.492 e. The van der Waals surface area contributed by atoms with Crippen LogP contribution >= 0.6 is 11.3 Å². The first kappa shape index (κ1) is 28.9. The zero-order chi connectivity index (χ0) is 27.6. The lowest BCUT2D eigenvalue weighted by Gasteiger charge is -2.36. The van der Waals surface area contributed by atoms with Crippen molar-refractivity contribution in [1.82, 2.24) is 4.98 Å². The van der Waals surface area contributed by atoms with Gasteiger partial charge in [0.05, 0.1) is 5.41 Å². The Morgan fingerprint density at radius 1 is 1.08 bits per heavy atom. The normalized spacial score (nSPS) is 15.3. The van der Waals surface area contributed by atoms with Crippen LogP contribution in [0.2, 0.25) is 0 Å². The molecular weight excluding hydrogens is 503 g/mol. The standard InChI is InChI=1S/C27H34F3N3O3S/c1-24(2,32)13-22(31)25(3,4)23(34)36-16-26(5,27(28,29)30)15-35-19-9-8-17-11-20(37-21(17)12-19)18-7-6-10-33-14-18/h6-12,14,22H,13,15-16,31-32H2,1-5H3. The molecule has 6 nitrogen and oxygen atoms in total. The Morgan fingerprint density at radius 2 is 1.78 bits per heavy atom. The maximum absolute atomic E-state index is 14.1. The number of alkyl halides is 3. The van der Waals surface area contributed by atoms with E-state index in [1.807, 2.05) is 18.2 Å². The van der Waals surface area contributed by atoms with Gasteiger partial charge in [-0.2, -0.15) is 13.2 Å². The second kappa shape index (κ2) is 10.6. The number of thiophene rings is 1. The van der Waals surface area contributed by atoms with Crippen LogP contribution in [0.25, 0.3) is 20.5 Å². The van der Waals surface area contributed by atoms with E-state index in [-0.39, 0.29) is 0 Å². The number of hydrogen-bond donors (Lipinski definition) is 2. The first-order valence-corrected chi connectivity index (χ1v) is 12.7. The van der Waals surface area contributed by atoms with Gasteiger partial charge in [-0.1, -0.05) is 6.07 Å². The Balaban J connectivity index is 1.71. The fourth-order valence-electron chi connectivity index (χ4n) is 3.58. The van der Waals surface area contributed by atoms with Crippen molar-refractivity contribution in [3.05, 3.63) is 48.8 Å². The molecule has 0 saturated carbocycles. The Labute approximate surface area is 219 Å². The van der Waals surface area contributed by atoms with Gasteiger partial charge in [-0.3, -0.25) is 9.78 Å². The number of halogens is 3. The van der Waals surface area contributed by atoms with Crippen LogP contribution in [0.5, 0.6) is 5.75 Å². The van der Waals surface area contributed by atoms with Gasteiger partial charge < -0.3 is 20.9 Å². The maximum Gasteiger partial charge on any atom is 0.400 e. The summed E-state index contributed by atoms with van der Waals surface area (Å²) in [5.41, 5.74) is 8.80. The highest BCUT2D eigenvalue weighted by Gasteiger charge is 2.53. The molecule has 0 fully saturated rings. The van der Waals surface area contributed by atoms with Gasteiger partial charge in [0.1, 0.15) is 24.4 Å². The van der Waals surface area contributed by atoms with Crippen LogP contribution in [0, 0.1) is 10.8 Å². The highest BCUT2D eigenvalue weighted by Crippen LogP contribution is 2.40. The van der Waals surface area contributed by atoms with Crippen molar-refractivity contribution in [2.24, 2.45) is 22.3 Å². The van der Waals surface area contributed by atoms with Gasteiger partial charge in [-0.15, -0.1) is 11.3 Å². The molecule has 0 spiro atoms. The predicted molar refractivity (Wildman–Crippen MR) is 140 cm³/mol. The third-order valence-electron chi connectivity index (χ3n) is 6.40. The number of pyridine rings is 1. The summed E-state index contributed by atoms with van der Waals surface area (Å²) < 4.78 is 53.8. The van der Waals surface area contributed by atoms with E-state index in [4.69, 9.17) is 20.9 Å². The zero-order valence-electron chi connectivity index (χ0n) is 21.7. The molecule has 0 saturated heterocycles. The van der Waals surface area contributed by atoms with Gasteiger partial charge >= 0.3 is 12.1 Å². The van der Waals surface area contributed by atoms with Crippen LogP contribution in [0.3, 0.4) is 0 Å². The predicted octanol–water partition coefficient (Wildman–Crippen LogP) is 5.93. The number of rotatable bonds is 10. The molecule has 3 rings (SSSR count). The Bertz CT molecular complexity index is 1220. The van der Waals surface area contributed by atoms with Crippen LogP contribution in [-0.2, 0) is 9.53 Å². The average molecular weight is 538 g/mol. The largest absolute Gasteiger partial charge is 0.492 e. The number of fused-ring (bicyclic) bond motifs is 1. The molecule has 37 heavy (non-hydrogen) atoms. The zero-order valence-corrected chi connectivity index (χ0v) is 22.5. The lowest BCUT2D eigenvalue weighted by molar-refractivity contribution is -0.242. The van der Waals surface area contributed by atoms with Crippen molar-refractivity contribution in [3.8, 4) is 16.2 Å². The van der Waals surface area contributed by atoms with E-state index >= 15 is 0 Å². The molecule has 0 aliphatic heterocycles. The van der Waals surface area contributed by atoms with E-state index in [0.717, 1.165) is 27.5 Å². The molecule has 2 atom stereocenters. The first-order valence-electron chi connectivity index (χ1n) is 11.9. The molecule has 0 amide bonds. The molecule has 0 bridgehead atoms. The van der Waals surface area contributed by atoms with Gasteiger partial charge in [-0.05, 0) is 76.8 Å². The summed E-state index contributed by atoms with van der Waals surface area (Å²) in [6.45, 7) is 5.97. The fraction of sp³-hybridized carbons (Fsp3) is 0.481. The highest BCUT2D eigenvalue weighted by molar-refractivity contribution is 7.22.